The van der Waals surface area contributed by atoms with E-state index in [9.17, 15) is 8.42 Å². The van der Waals surface area contributed by atoms with Crippen LogP contribution < -0.4 is 9.47 Å². The van der Waals surface area contributed by atoms with E-state index in [0.717, 1.165) is 25.4 Å². The Morgan fingerprint density at radius 1 is 1.15 bits per heavy atom. The molecule has 6 nitrogen and oxygen atoms in total. The maximum absolute atomic E-state index is 11.6. The van der Waals surface area contributed by atoms with Crippen molar-refractivity contribution in [3.8, 4) is 11.5 Å². The monoisotopic (exact) mass is 391 g/mol. The largest absolute Gasteiger partial charge is 0.497 e. The Bertz CT molecular complexity index is 851. The molecule has 2 aromatic carbocycles. The quantitative estimate of drug-likeness (QED) is 0.753. The lowest BCUT2D eigenvalue weighted by Crippen LogP contribution is -2.35. The van der Waals surface area contributed by atoms with Crippen LogP contribution in [0.5, 0.6) is 11.5 Å². The summed E-state index contributed by atoms with van der Waals surface area (Å²) in [5.74, 6) is 1.48. The van der Waals surface area contributed by atoms with Crippen LogP contribution in [0.3, 0.4) is 0 Å². The second-order valence-electron chi connectivity index (χ2n) is 6.64. The van der Waals surface area contributed by atoms with E-state index >= 15 is 0 Å². The molecule has 2 aromatic rings. The van der Waals surface area contributed by atoms with Crippen molar-refractivity contribution in [1.29, 1.82) is 0 Å². The van der Waals surface area contributed by atoms with Gasteiger partial charge in [0.05, 0.1) is 25.2 Å². The molecule has 146 valence electrons. The van der Waals surface area contributed by atoms with Gasteiger partial charge in [-0.05, 0) is 42.0 Å². The molecule has 0 bridgehead atoms. The lowest BCUT2D eigenvalue weighted by atomic mass is 10.2. The third-order valence-corrected chi connectivity index (χ3v) is 5.54. The summed E-state index contributed by atoms with van der Waals surface area (Å²) in [7, 11) is -1.54. The van der Waals surface area contributed by atoms with E-state index in [1.54, 1.807) is 31.4 Å². The first-order valence-electron chi connectivity index (χ1n) is 8.84. The van der Waals surface area contributed by atoms with E-state index in [2.05, 4.69) is 11.0 Å². The fraction of sp³-hybridized carbons (Fsp3) is 0.400. The standard InChI is InChI=1S/C20H25NO5S/c1-24-18-5-3-4-16(12-18)13-21-10-11-25-15-19(14-21)26-17-6-8-20(9-7-17)27(2,22)23/h3-9,12,19H,10-11,13-15H2,1-2H3/t19-/m1/s1. The zero-order valence-corrected chi connectivity index (χ0v) is 16.4. The van der Waals surface area contributed by atoms with Gasteiger partial charge in [-0.2, -0.15) is 0 Å². The minimum Gasteiger partial charge on any atom is -0.497 e. The van der Waals surface area contributed by atoms with Gasteiger partial charge >= 0.3 is 0 Å². The normalized spacial score (nSPS) is 18.7. The summed E-state index contributed by atoms with van der Waals surface area (Å²) in [6.07, 6.45) is 1.07. The van der Waals surface area contributed by atoms with Crippen molar-refractivity contribution in [3.05, 3.63) is 54.1 Å². The second-order valence-corrected chi connectivity index (χ2v) is 8.66. The average molecular weight is 391 g/mol. The van der Waals surface area contributed by atoms with Gasteiger partial charge in [0, 0.05) is 25.9 Å². The molecule has 1 aliphatic rings. The zero-order valence-electron chi connectivity index (χ0n) is 15.6. The minimum atomic E-state index is -3.21. The Morgan fingerprint density at radius 2 is 1.93 bits per heavy atom. The molecule has 0 aliphatic carbocycles. The molecule has 0 aromatic heterocycles. The van der Waals surface area contributed by atoms with Gasteiger partial charge in [-0.25, -0.2) is 8.42 Å². The number of rotatable bonds is 6. The molecule has 0 saturated carbocycles. The Morgan fingerprint density at radius 3 is 2.63 bits per heavy atom. The van der Waals surface area contributed by atoms with E-state index in [4.69, 9.17) is 14.2 Å². The summed E-state index contributed by atoms with van der Waals surface area (Å²) in [5, 5.41) is 0. The van der Waals surface area contributed by atoms with Crippen molar-refractivity contribution in [2.75, 3.05) is 39.7 Å². The van der Waals surface area contributed by atoms with E-state index < -0.39 is 9.84 Å². The number of ether oxygens (including phenoxy) is 3. The summed E-state index contributed by atoms with van der Waals surface area (Å²) in [6.45, 7) is 3.49. The van der Waals surface area contributed by atoms with E-state index in [1.807, 2.05) is 18.2 Å². The van der Waals surface area contributed by atoms with Gasteiger partial charge in [0.1, 0.15) is 17.6 Å². The van der Waals surface area contributed by atoms with Crippen LogP contribution in [-0.2, 0) is 21.1 Å². The topological polar surface area (TPSA) is 65.1 Å². The second kappa shape index (κ2) is 8.73. The predicted molar refractivity (Wildman–Crippen MR) is 103 cm³/mol. The third-order valence-electron chi connectivity index (χ3n) is 4.41. The molecule has 1 fully saturated rings. The van der Waals surface area contributed by atoms with Gasteiger partial charge in [0.15, 0.2) is 9.84 Å². The van der Waals surface area contributed by atoms with Crippen molar-refractivity contribution >= 4 is 9.84 Å². The molecule has 1 heterocycles. The Balaban J connectivity index is 1.64. The predicted octanol–water partition coefficient (Wildman–Crippen LogP) is 2.38. The molecule has 0 N–H and O–H groups in total. The molecular weight excluding hydrogens is 366 g/mol. The number of methoxy groups -OCH3 is 1. The van der Waals surface area contributed by atoms with Crippen LogP contribution in [0, 0.1) is 0 Å². The van der Waals surface area contributed by atoms with Gasteiger partial charge in [-0.3, -0.25) is 4.90 Å². The number of hydrogen-bond donors (Lipinski definition) is 0. The highest BCUT2D eigenvalue weighted by Crippen LogP contribution is 2.19. The van der Waals surface area contributed by atoms with Crippen molar-refractivity contribution in [1.82, 2.24) is 4.90 Å². The molecule has 1 atom stereocenters. The maximum Gasteiger partial charge on any atom is 0.175 e. The SMILES string of the molecule is COc1cccc(CN2CCOC[C@H](Oc3ccc(S(C)(=O)=O)cc3)C2)c1. The van der Waals surface area contributed by atoms with Crippen LogP contribution in [0.25, 0.3) is 0 Å². The number of sulfone groups is 1. The van der Waals surface area contributed by atoms with E-state index in [-0.39, 0.29) is 11.0 Å². The van der Waals surface area contributed by atoms with Crippen LogP contribution >= 0.6 is 0 Å². The summed E-state index contributed by atoms with van der Waals surface area (Å²) in [4.78, 5) is 2.57. The smallest absolute Gasteiger partial charge is 0.175 e. The van der Waals surface area contributed by atoms with Crippen LogP contribution in [0.4, 0.5) is 0 Å². The number of benzene rings is 2. The first-order valence-corrected chi connectivity index (χ1v) is 10.7. The van der Waals surface area contributed by atoms with Gasteiger partial charge in [-0.15, -0.1) is 0 Å². The zero-order chi connectivity index (χ0) is 19.3. The molecule has 3 rings (SSSR count). The summed E-state index contributed by atoms with van der Waals surface area (Å²) in [6, 6.07) is 14.5. The van der Waals surface area contributed by atoms with Crippen LogP contribution in [0.2, 0.25) is 0 Å². The Hall–Kier alpha value is -2.09. The third kappa shape index (κ3) is 5.69. The molecule has 1 aliphatic heterocycles. The van der Waals surface area contributed by atoms with Crippen molar-refractivity contribution in [2.45, 2.75) is 17.5 Å². The number of nitrogens with zero attached hydrogens (tertiary/aromatic N) is 1. The van der Waals surface area contributed by atoms with Gasteiger partial charge < -0.3 is 14.2 Å². The van der Waals surface area contributed by atoms with Crippen LogP contribution in [-0.4, -0.2) is 59.1 Å². The molecular formula is C20H25NO5S. The highest BCUT2D eigenvalue weighted by Gasteiger charge is 2.20. The highest BCUT2D eigenvalue weighted by atomic mass is 32.2. The first kappa shape index (κ1) is 19.7. The molecule has 27 heavy (non-hydrogen) atoms. The van der Waals surface area contributed by atoms with Crippen molar-refractivity contribution in [2.24, 2.45) is 0 Å². The summed E-state index contributed by atoms with van der Waals surface area (Å²) >= 11 is 0. The lowest BCUT2D eigenvalue weighted by molar-refractivity contribution is 0.0710. The van der Waals surface area contributed by atoms with Crippen LogP contribution in [0.1, 0.15) is 5.56 Å². The molecule has 1 saturated heterocycles. The first-order chi connectivity index (χ1) is 12.9. The lowest BCUT2D eigenvalue weighted by Gasteiger charge is -2.24. The van der Waals surface area contributed by atoms with Gasteiger partial charge in [0.25, 0.3) is 0 Å². The van der Waals surface area contributed by atoms with E-state index in [1.165, 1.54) is 11.8 Å². The Labute approximate surface area is 160 Å². The minimum absolute atomic E-state index is 0.123. The molecule has 0 radical (unpaired) electrons. The molecule has 0 unspecified atom stereocenters. The van der Waals surface area contributed by atoms with Crippen molar-refractivity contribution in [3.63, 3.8) is 0 Å². The average Bonchev–Trinajstić information content (AvgIpc) is 2.86. The van der Waals surface area contributed by atoms with E-state index in [0.29, 0.717) is 19.0 Å². The van der Waals surface area contributed by atoms with Gasteiger partial charge in [-0.1, -0.05) is 12.1 Å². The maximum atomic E-state index is 11.6. The summed E-state index contributed by atoms with van der Waals surface area (Å²) < 4.78 is 40.1. The van der Waals surface area contributed by atoms with Crippen molar-refractivity contribution < 1.29 is 22.6 Å². The number of hydrogen-bond acceptors (Lipinski definition) is 6. The highest BCUT2D eigenvalue weighted by molar-refractivity contribution is 7.90. The summed E-state index contributed by atoms with van der Waals surface area (Å²) in [5.41, 5.74) is 1.17. The molecule has 0 amide bonds. The van der Waals surface area contributed by atoms with Gasteiger partial charge in [0.2, 0.25) is 0 Å². The van der Waals surface area contributed by atoms with Crippen LogP contribution in [0.15, 0.2) is 53.4 Å². The fourth-order valence-corrected chi connectivity index (χ4v) is 3.67. The molecule has 7 heteroatoms. The fourth-order valence-electron chi connectivity index (χ4n) is 3.04. The molecule has 0 spiro atoms. The Kier molecular flexibility index (Phi) is 6.36.